The van der Waals surface area contributed by atoms with Crippen LogP contribution < -0.4 is 4.74 Å². The molecule has 4 heteroatoms. The van der Waals surface area contributed by atoms with Crippen molar-refractivity contribution < 1.29 is 14.6 Å². The van der Waals surface area contributed by atoms with Gasteiger partial charge in [-0.3, -0.25) is 9.78 Å². The molecule has 0 aliphatic heterocycles. The summed E-state index contributed by atoms with van der Waals surface area (Å²) in [5, 5.41) is 11.2. The molecule has 1 N–H and O–H groups in total. The summed E-state index contributed by atoms with van der Waals surface area (Å²) >= 11 is 0. The van der Waals surface area contributed by atoms with Crippen molar-refractivity contribution in [3.8, 4) is 5.75 Å². The lowest BCUT2D eigenvalue weighted by atomic mass is 9.95. The number of aromatic nitrogens is 1. The topological polar surface area (TPSA) is 59.4 Å². The second-order valence-electron chi connectivity index (χ2n) is 4.46. The summed E-state index contributed by atoms with van der Waals surface area (Å²) in [6.45, 7) is 1.98. The van der Waals surface area contributed by atoms with E-state index < -0.39 is 11.9 Å². The van der Waals surface area contributed by atoms with Crippen LogP contribution in [-0.4, -0.2) is 23.2 Å². The third-order valence-electron chi connectivity index (χ3n) is 3.21. The van der Waals surface area contributed by atoms with E-state index in [2.05, 4.69) is 4.98 Å². The molecule has 0 saturated carbocycles. The van der Waals surface area contributed by atoms with E-state index in [1.807, 2.05) is 31.2 Å². The maximum absolute atomic E-state index is 11.4. The first-order valence-electron chi connectivity index (χ1n) is 6.32. The quantitative estimate of drug-likeness (QED) is 0.895. The molecule has 0 saturated heterocycles. The van der Waals surface area contributed by atoms with Crippen LogP contribution in [0.4, 0.5) is 0 Å². The molecule has 0 aliphatic rings. The van der Waals surface area contributed by atoms with Crippen molar-refractivity contribution in [3.05, 3.63) is 36.2 Å². The summed E-state index contributed by atoms with van der Waals surface area (Å²) in [6, 6.07) is 7.47. The van der Waals surface area contributed by atoms with Gasteiger partial charge in [0.05, 0.1) is 18.7 Å². The Hall–Kier alpha value is -2.10. The van der Waals surface area contributed by atoms with Crippen molar-refractivity contribution in [2.45, 2.75) is 25.7 Å². The standard InChI is InChI=1S/C15H17NO3/c1-3-4-13(15(17)18)14-12-6-5-11(19-2)9-10(12)7-8-16-14/h5-9,13H,3-4H2,1-2H3,(H,17,18). The maximum atomic E-state index is 11.4. The number of carbonyl (C=O) groups is 1. The lowest BCUT2D eigenvalue weighted by Crippen LogP contribution is -2.13. The second kappa shape index (κ2) is 5.69. The molecule has 2 aromatic rings. The van der Waals surface area contributed by atoms with Crippen molar-refractivity contribution >= 4 is 16.7 Å². The Kier molecular flexibility index (Phi) is 4.00. The lowest BCUT2D eigenvalue weighted by molar-refractivity contribution is -0.139. The Morgan fingerprint density at radius 2 is 2.21 bits per heavy atom. The number of fused-ring (bicyclic) bond motifs is 1. The fourth-order valence-electron chi connectivity index (χ4n) is 2.25. The lowest BCUT2D eigenvalue weighted by Gasteiger charge is -2.13. The van der Waals surface area contributed by atoms with Gasteiger partial charge in [0.15, 0.2) is 0 Å². The first-order valence-corrected chi connectivity index (χ1v) is 6.32. The van der Waals surface area contributed by atoms with Crippen LogP contribution in [0.1, 0.15) is 31.4 Å². The Morgan fingerprint density at radius 1 is 1.42 bits per heavy atom. The number of carboxylic acids is 1. The van der Waals surface area contributed by atoms with Gasteiger partial charge < -0.3 is 9.84 Å². The number of methoxy groups -OCH3 is 1. The summed E-state index contributed by atoms with van der Waals surface area (Å²) < 4.78 is 5.18. The molecule has 1 aromatic heterocycles. The highest BCUT2D eigenvalue weighted by molar-refractivity contribution is 5.90. The molecule has 1 atom stereocenters. The summed E-state index contributed by atoms with van der Waals surface area (Å²) in [5.74, 6) is -0.619. The largest absolute Gasteiger partial charge is 0.497 e. The molecule has 0 fully saturated rings. The van der Waals surface area contributed by atoms with E-state index in [-0.39, 0.29) is 0 Å². The average molecular weight is 259 g/mol. The van der Waals surface area contributed by atoms with Gasteiger partial charge in [-0.25, -0.2) is 0 Å². The predicted octanol–water partition coefficient (Wildman–Crippen LogP) is 3.21. The second-order valence-corrected chi connectivity index (χ2v) is 4.46. The number of hydrogen-bond acceptors (Lipinski definition) is 3. The molecular weight excluding hydrogens is 242 g/mol. The van der Waals surface area contributed by atoms with Gasteiger partial charge in [0, 0.05) is 11.6 Å². The molecule has 0 radical (unpaired) electrons. The molecule has 1 unspecified atom stereocenters. The van der Waals surface area contributed by atoms with Gasteiger partial charge in [0.1, 0.15) is 5.75 Å². The van der Waals surface area contributed by atoms with Crippen LogP contribution in [0.25, 0.3) is 10.8 Å². The van der Waals surface area contributed by atoms with Gasteiger partial charge in [-0.05, 0) is 36.1 Å². The van der Waals surface area contributed by atoms with E-state index in [1.54, 1.807) is 13.3 Å². The van der Waals surface area contributed by atoms with E-state index in [9.17, 15) is 9.90 Å². The molecule has 0 spiro atoms. The Balaban J connectivity index is 2.56. The molecule has 1 aromatic carbocycles. The first-order chi connectivity index (χ1) is 9.17. The molecule has 4 nitrogen and oxygen atoms in total. The van der Waals surface area contributed by atoms with Crippen LogP contribution in [0.3, 0.4) is 0 Å². The minimum atomic E-state index is -0.822. The number of hydrogen-bond donors (Lipinski definition) is 1. The fourth-order valence-corrected chi connectivity index (χ4v) is 2.25. The van der Waals surface area contributed by atoms with Crippen LogP contribution in [-0.2, 0) is 4.79 Å². The van der Waals surface area contributed by atoms with Crippen molar-refractivity contribution in [1.82, 2.24) is 4.98 Å². The summed E-state index contributed by atoms with van der Waals surface area (Å²) in [7, 11) is 1.61. The van der Waals surface area contributed by atoms with Crippen LogP contribution >= 0.6 is 0 Å². The van der Waals surface area contributed by atoms with Crippen LogP contribution in [0.5, 0.6) is 5.75 Å². The summed E-state index contributed by atoms with van der Waals surface area (Å²) in [6.07, 6.45) is 3.06. The van der Waals surface area contributed by atoms with Crippen molar-refractivity contribution in [1.29, 1.82) is 0 Å². The highest BCUT2D eigenvalue weighted by atomic mass is 16.5. The highest BCUT2D eigenvalue weighted by Crippen LogP contribution is 2.29. The van der Waals surface area contributed by atoms with Crippen LogP contribution in [0.2, 0.25) is 0 Å². The highest BCUT2D eigenvalue weighted by Gasteiger charge is 2.22. The molecule has 19 heavy (non-hydrogen) atoms. The molecular formula is C15H17NO3. The van der Waals surface area contributed by atoms with Crippen molar-refractivity contribution in [2.75, 3.05) is 7.11 Å². The minimum absolute atomic E-state index is 0.554. The van der Waals surface area contributed by atoms with Crippen molar-refractivity contribution in [2.24, 2.45) is 0 Å². The normalized spacial score (nSPS) is 12.3. The number of rotatable bonds is 5. The number of carboxylic acid groups (broad SMARTS) is 1. The number of ether oxygens (including phenoxy) is 1. The maximum Gasteiger partial charge on any atom is 0.312 e. The van der Waals surface area contributed by atoms with Gasteiger partial charge in [-0.15, -0.1) is 0 Å². The van der Waals surface area contributed by atoms with Gasteiger partial charge in [0.2, 0.25) is 0 Å². The van der Waals surface area contributed by atoms with Crippen LogP contribution in [0, 0.1) is 0 Å². The molecule has 100 valence electrons. The van der Waals surface area contributed by atoms with Crippen molar-refractivity contribution in [3.63, 3.8) is 0 Å². The first kappa shape index (κ1) is 13.3. The molecule has 0 bridgehead atoms. The Labute approximate surface area is 112 Å². The minimum Gasteiger partial charge on any atom is -0.497 e. The zero-order valence-electron chi connectivity index (χ0n) is 11.1. The van der Waals surface area contributed by atoms with E-state index in [4.69, 9.17) is 4.74 Å². The van der Waals surface area contributed by atoms with Gasteiger partial charge in [-0.1, -0.05) is 13.3 Å². The van der Waals surface area contributed by atoms with E-state index in [1.165, 1.54) is 0 Å². The van der Waals surface area contributed by atoms with E-state index in [0.717, 1.165) is 22.9 Å². The number of benzene rings is 1. The molecule has 2 rings (SSSR count). The van der Waals surface area contributed by atoms with E-state index >= 15 is 0 Å². The van der Waals surface area contributed by atoms with Crippen LogP contribution in [0.15, 0.2) is 30.5 Å². The zero-order chi connectivity index (χ0) is 13.8. The zero-order valence-corrected chi connectivity index (χ0v) is 11.1. The third kappa shape index (κ3) is 2.67. The number of aliphatic carboxylic acids is 1. The Bertz CT molecular complexity index is 595. The number of nitrogens with zero attached hydrogens (tertiary/aromatic N) is 1. The third-order valence-corrected chi connectivity index (χ3v) is 3.21. The van der Waals surface area contributed by atoms with Gasteiger partial charge >= 0.3 is 5.97 Å². The number of pyridine rings is 1. The Morgan fingerprint density at radius 3 is 2.84 bits per heavy atom. The smallest absolute Gasteiger partial charge is 0.312 e. The molecule has 0 aliphatic carbocycles. The molecule has 1 heterocycles. The summed E-state index contributed by atoms with van der Waals surface area (Å²) in [5.41, 5.74) is 0.634. The monoisotopic (exact) mass is 259 g/mol. The predicted molar refractivity (Wildman–Crippen MR) is 73.6 cm³/mol. The van der Waals surface area contributed by atoms with Gasteiger partial charge in [-0.2, -0.15) is 0 Å². The van der Waals surface area contributed by atoms with E-state index in [0.29, 0.717) is 12.1 Å². The molecule has 0 amide bonds. The average Bonchev–Trinajstić information content (AvgIpc) is 2.43. The van der Waals surface area contributed by atoms with Gasteiger partial charge in [0.25, 0.3) is 0 Å². The SMILES string of the molecule is CCCC(C(=O)O)c1nccc2cc(OC)ccc12. The fraction of sp³-hybridized carbons (Fsp3) is 0.333. The summed E-state index contributed by atoms with van der Waals surface area (Å²) in [4.78, 5) is 15.7.